The molecule has 0 radical (unpaired) electrons. The molecular weight excluding hydrogens is 546 g/mol. The maximum Gasteiger partial charge on any atom is 0.273 e. The van der Waals surface area contributed by atoms with E-state index in [-0.39, 0.29) is 11.1 Å². The maximum atomic E-state index is 12.9. The maximum absolute atomic E-state index is 12.9. The van der Waals surface area contributed by atoms with Crippen LogP contribution in [0.15, 0.2) is 40.5 Å². The highest BCUT2D eigenvalue weighted by Gasteiger charge is 2.18. The molecular formula is C29H33N5O8. The summed E-state index contributed by atoms with van der Waals surface area (Å²) in [6, 6.07) is 8.15. The molecule has 1 heterocycles. The molecule has 0 aliphatic rings. The first-order chi connectivity index (χ1) is 20.2. The first kappa shape index (κ1) is 31.2. The minimum Gasteiger partial charge on any atom is -0.493 e. The molecule has 3 aromatic rings. The van der Waals surface area contributed by atoms with Crippen LogP contribution in [0.25, 0.3) is 0 Å². The number of methoxy groups -OCH3 is 6. The first-order valence-corrected chi connectivity index (χ1v) is 12.5. The molecule has 13 nitrogen and oxygen atoms in total. The highest BCUT2D eigenvalue weighted by Crippen LogP contribution is 2.38. The van der Waals surface area contributed by atoms with E-state index in [1.54, 1.807) is 38.1 Å². The summed E-state index contributed by atoms with van der Waals surface area (Å²) in [7, 11) is 9.00. The van der Waals surface area contributed by atoms with Crippen LogP contribution in [0, 0.1) is 13.8 Å². The van der Waals surface area contributed by atoms with E-state index in [0.717, 1.165) is 0 Å². The Bertz CT molecular complexity index is 1360. The monoisotopic (exact) mass is 579 g/mol. The van der Waals surface area contributed by atoms with Gasteiger partial charge in [0.25, 0.3) is 11.8 Å². The van der Waals surface area contributed by atoms with Gasteiger partial charge in [0.1, 0.15) is 0 Å². The number of hydrogen-bond donors (Lipinski definition) is 2. The van der Waals surface area contributed by atoms with E-state index in [1.165, 1.54) is 61.2 Å². The minimum absolute atomic E-state index is 0.168. The van der Waals surface area contributed by atoms with Crippen molar-refractivity contribution in [3.05, 3.63) is 64.0 Å². The van der Waals surface area contributed by atoms with Crippen molar-refractivity contribution in [2.24, 2.45) is 10.2 Å². The van der Waals surface area contributed by atoms with Gasteiger partial charge in [-0.1, -0.05) is 0 Å². The van der Waals surface area contributed by atoms with Gasteiger partial charge in [-0.15, -0.1) is 0 Å². The second-order valence-corrected chi connectivity index (χ2v) is 8.57. The third kappa shape index (κ3) is 7.05. The fourth-order valence-electron chi connectivity index (χ4n) is 3.99. The lowest BCUT2D eigenvalue weighted by Crippen LogP contribution is -2.23. The number of nitrogens with zero attached hydrogens (tertiary/aromatic N) is 3. The summed E-state index contributed by atoms with van der Waals surface area (Å²) >= 11 is 0. The number of nitrogens with one attached hydrogen (secondary N) is 2. The summed E-state index contributed by atoms with van der Waals surface area (Å²) in [5, 5.41) is 8.06. The van der Waals surface area contributed by atoms with Gasteiger partial charge in [-0.05, 0) is 44.2 Å². The van der Waals surface area contributed by atoms with Gasteiger partial charge in [-0.3, -0.25) is 14.6 Å². The molecule has 0 unspecified atom stereocenters. The third-order valence-corrected chi connectivity index (χ3v) is 6.03. The molecule has 0 aliphatic carbocycles. The number of benzene rings is 2. The second kappa shape index (κ2) is 14.3. The number of carbonyl (C=O) groups excluding carboxylic acids is 2. The number of ether oxygens (including phenoxy) is 6. The van der Waals surface area contributed by atoms with Crippen molar-refractivity contribution in [3.63, 3.8) is 0 Å². The number of hydrogen-bond acceptors (Lipinski definition) is 11. The van der Waals surface area contributed by atoms with Crippen molar-refractivity contribution in [1.29, 1.82) is 0 Å². The van der Waals surface area contributed by atoms with Gasteiger partial charge in [-0.25, -0.2) is 10.9 Å². The van der Waals surface area contributed by atoms with Crippen molar-refractivity contribution in [1.82, 2.24) is 15.8 Å². The van der Waals surface area contributed by atoms with Crippen LogP contribution >= 0.6 is 0 Å². The van der Waals surface area contributed by atoms with Gasteiger partial charge < -0.3 is 28.4 Å². The van der Waals surface area contributed by atoms with Crippen LogP contribution in [-0.2, 0) is 0 Å². The normalized spacial score (nSPS) is 10.9. The zero-order valence-corrected chi connectivity index (χ0v) is 24.6. The molecule has 13 heteroatoms. The lowest BCUT2D eigenvalue weighted by atomic mass is 10.1. The number of aromatic nitrogens is 1. The molecule has 0 spiro atoms. The van der Waals surface area contributed by atoms with Gasteiger partial charge >= 0.3 is 0 Å². The molecule has 0 saturated heterocycles. The van der Waals surface area contributed by atoms with Crippen LogP contribution in [0.4, 0.5) is 0 Å². The van der Waals surface area contributed by atoms with Gasteiger partial charge in [0.15, 0.2) is 23.0 Å². The van der Waals surface area contributed by atoms with Crippen LogP contribution in [0.3, 0.4) is 0 Å². The number of carbonyl (C=O) groups is 2. The average Bonchev–Trinajstić information content (AvgIpc) is 2.99. The first-order valence-electron chi connectivity index (χ1n) is 12.5. The van der Waals surface area contributed by atoms with E-state index >= 15 is 0 Å². The van der Waals surface area contributed by atoms with Crippen LogP contribution in [0.5, 0.6) is 34.5 Å². The highest BCUT2D eigenvalue weighted by molar-refractivity contribution is 6.01. The molecule has 222 valence electrons. The van der Waals surface area contributed by atoms with E-state index < -0.39 is 11.8 Å². The lowest BCUT2D eigenvalue weighted by Gasteiger charge is -2.13. The van der Waals surface area contributed by atoms with Crippen LogP contribution < -0.4 is 39.3 Å². The largest absolute Gasteiger partial charge is 0.493 e. The van der Waals surface area contributed by atoms with Crippen molar-refractivity contribution >= 4 is 24.2 Å². The molecule has 3 rings (SSSR count). The number of hydrazone groups is 2. The van der Waals surface area contributed by atoms with E-state index in [4.69, 9.17) is 28.4 Å². The quantitative estimate of drug-likeness (QED) is 0.243. The molecule has 1 aromatic heterocycles. The Balaban J connectivity index is 1.76. The molecule has 0 saturated carbocycles. The Morgan fingerprint density at radius 3 is 1.21 bits per heavy atom. The fourth-order valence-corrected chi connectivity index (χ4v) is 3.99. The third-order valence-electron chi connectivity index (χ3n) is 6.03. The van der Waals surface area contributed by atoms with Crippen molar-refractivity contribution in [2.75, 3.05) is 42.7 Å². The fraction of sp³-hybridized carbons (Fsp3) is 0.276. The van der Waals surface area contributed by atoms with Gasteiger partial charge in [0, 0.05) is 11.1 Å². The Kier molecular flexibility index (Phi) is 10.7. The second-order valence-electron chi connectivity index (χ2n) is 8.57. The number of rotatable bonds is 12. The van der Waals surface area contributed by atoms with E-state index in [9.17, 15) is 9.59 Å². The van der Waals surface area contributed by atoms with Gasteiger partial charge in [0.2, 0.25) is 11.5 Å². The van der Waals surface area contributed by atoms with Crippen LogP contribution in [0.1, 0.15) is 43.2 Å². The van der Waals surface area contributed by atoms with Crippen molar-refractivity contribution < 1.29 is 38.0 Å². The van der Waals surface area contributed by atoms with E-state index in [2.05, 4.69) is 26.0 Å². The predicted octanol–water partition coefficient (Wildman–Crippen LogP) is 3.28. The van der Waals surface area contributed by atoms with Crippen molar-refractivity contribution in [3.8, 4) is 34.5 Å². The van der Waals surface area contributed by atoms with E-state index in [1.807, 2.05) is 0 Å². The molecule has 0 fully saturated rings. The topological polar surface area (TPSA) is 151 Å². The Morgan fingerprint density at radius 1 is 0.595 bits per heavy atom. The summed E-state index contributed by atoms with van der Waals surface area (Å²) in [6.07, 6.45) is 2.84. The Labute approximate surface area is 243 Å². The summed E-state index contributed by atoms with van der Waals surface area (Å²) < 4.78 is 32.0. The highest BCUT2D eigenvalue weighted by atomic mass is 16.5. The summed E-state index contributed by atoms with van der Waals surface area (Å²) in [5.41, 5.74) is 7.27. The standard InChI is InChI=1S/C29H33N5O8/c1-16-20(28(35)33-30-14-18-9-22(37-3)26(41-7)23(10-18)38-4)13-21(17(2)32-16)29(36)34-31-15-19-11-24(39-5)27(42-8)25(12-19)40-6/h9-15H,1-8H3,(H,33,35)(H,34,36). The van der Waals surface area contributed by atoms with E-state index in [0.29, 0.717) is 57.0 Å². The van der Waals surface area contributed by atoms with Crippen LogP contribution in [-0.4, -0.2) is 71.9 Å². The molecule has 42 heavy (non-hydrogen) atoms. The molecule has 0 bridgehead atoms. The van der Waals surface area contributed by atoms with Gasteiger partial charge in [-0.2, -0.15) is 10.2 Å². The number of pyridine rings is 1. The Morgan fingerprint density at radius 2 is 0.929 bits per heavy atom. The zero-order valence-electron chi connectivity index (χ0n) is 24.6. The average molecular weight is 580 g/mol. The predicted molar refractivity (Wildman–Crippen MR) is 156 cm³/mol. The summed E-state index contributed by atoms with van der Waals surface area (Å²) in [5.74, 6) is 1.50. The summed E-state index contributed by atoms with van der Waals surface area (Å²) in [6.45, 7) is 3.32. The minimum atomic E-state index is -0.557. The van der Waals surface area contributed by atoms with Crippen LogP contribution in [0.2, 0.25) is 0 Å². The lowest BCUT2D eigenvalue weighted by molar-refractivity contribution is 0.0954. The smallest absolute Gasteiger partial charge is 0.273 e. The molecule has 0 atom stereocenters. The molecule has 2 amide bonds. The molecule has 2 N–H and O–H groups in total. The Hall–Kier alpha value is -5.33. The number of amides is 2. The van der Waals surface area contributed by atoms with Crippen molar-refractivity contribution in [2.45, 2.75) is 13.8 Å². The zero-order chi connectivity index (χ0) is 30.8. The van der Waals surface area contributed by atoms with Gasteiger partial charge in [0.05, 0.1) is 77.6 Å². The number of aryl methyl sites for hydroxylation is 2. The summed E-state index contributed by atoms with van der Waals surface area (Å²) in [4.78, 5) is 30.2. The molecule has 2 aromatic carbocycles. The SMILES string of the molecule is COc1cc(C=NNC(=O)c2cc(C(=O)NN=Cc3cc(OC)c(OC)c(OC)c3)c(C)nc2C)cc(OC)c1OC. The molecule has 0 aliphatic heterocycles.